The molecule has 0 bridgehead atoms. The van der Waals surface area contributed by atoms with Crippen molar-refractivity contribution in [3.8, 4) is 5.75 Å². The number of benzene rings is 2. The molecular formula is C15H16BrNO3S. The maximum absolute atomic E-state index is 12.5. The number of rotatable bonds is 5. The van der Waals surface area contributed by atoms with Crippen LogP contribution in [0.5, 0.6) is 5.75 Å². The summed E-state index contributed by atoms with van der Waals surface area (Å²) in [6, 6.07) is 13.4. The van der Waals surface area contributed by atoms with Crippen molar-refractivity contribution >= 4 is 26.0 Å². The van der Waals surface area contributed by atoms with Crippen LogP contribution in [-0.4, -0.2) is 24.9 Å². The van der Waals surface area contributed by atoms with E-state index >= 15 is 0 Å². The van der Waals surface area contributed by atoms with E-state index in [2.05, 4.69) is 15.9 Å². The molecule has 0 fully saturated rings. The Morgan fingerprint density at radius 2 is 1.71 bits per heavy atom. The molecule has 2 aromatic carbocycles. The Morgan fingerprint density at radius 1 is 1.10 bits per heavy atom. The van der Waals surface area contributed by atoms with Crippen LogP contribution in [0.2, 0.25) is 0 Å². The van der Waals surface area contributed by atoms with Gasteiger partial charge in [0.1, 0.15) is 5.75 Å². The van der Waals surface area contributed by atoms with Crippen LogP contribution in [0.1, 0.15) is 11.1 Å². The van der Waals surface area contributed by atoms with E-state index in [1.165, 1.54) is 11.4 Å². The van der Waals surface area contributed by atoms with Gasteiger partial charge >= 0.3 is 0 Å². The zero-order valence-corrected chi connectivity index (χ0v) is 13.9. The molecule has 0 aliphatic heterocycles. The summed E-state index contributed by atoms with van der Waals surface area (Å²) in [6.07, 6.45) is 0. The van der Waals surface area contributed by atoms with Crippen LogP contribution >= 0.6 is 15.9 Å². The normalized spacial score (nSPS) is 11.8. The van der Waals surface area contributed by atoms with Crippen LogP contribution in [0.15, 0.2) is 53.4 Å². The minimum absolute atomic E-state index is 0.0918. The fourth-order valence-electron chi connectivity index (χ4n) is 1.90. The lowest BCUT2D eigenvalue weighted by Gasteiger charge is -2.18. The van der Waals surface area contributed by atoms with Crippen molar-refractivity contribution in [1.82, 2.24) is 4.31 Å². The van der Waals surface area contributed by atoms with E-state index in [9.17, 15) is 13.5 Å². The van der Waals surface area contributed by atoms with Gasteiger partial charge in [-0.15, -0.1) is 0 Å². The zero-order valence-electron chi connectivity index (χ0n) is 11.5. The van der Waals surface area contributed by atoms with Crippen LogP contribution in [0, 0.1) is 0 Å². The topological polar surface area (TPSA) is 57.6 Å². The predicted octanol–water partition coefficient (Wildman–Crippen LogP) is 3.11. The van der Waals surface area contributed by atoms with Gasteiger partial charge in [0.25, 0.3) is 0 Å². The van der Waals surface area contributed by atoms with Gasteiger partial charge in [-0.25, -0.2) is 8.42 Å². The van der Waals surface area contributed by atoms with Crippen molar-refractivity contribution in [3.63, 3.8) is 0 Å². The molecule has 0 heterocycles. The van der Waals surface area contributed by atoms with Gasteiger partial charge in [-0.2, -0.15) is 4.31 Å². The molecule has 112 valence electrons. The molecule has 0 unspecified atom stereocenters. The SMILES string of the molecule is CN(Cc1ccccc1O)S(=O)(=O)c1ccc(CBr)cc1. The Morgan fingerprint density at radius 3 is 2.29 bits per heavy atom. The van der Waals surface area contributed by atoms with Gasteiger partial charge in [0.05, 0.1) is 4.90 Å². The molecule has 0 spiro atoms. The minimum atomic E-state index is -3.57. The smallest absolute Gasteiger partial charge is 0.243 e. The standard InChI is InChI=1S/C15H16BrNO3S/c1-17(11-13-4-2-3-5-15(13)18)21(19,20)14-8-6-12(10-16)7-9-14/h2-9,18H,10-11H2,1H3. The first kappa shape index (κ1) is 16.0. The highest BCUT2D eigenvalue weighted by atomic mass is 79.9. The number of hydrogen-bond acceptors (Lipinski definition) is 3. The molecule has 0 amide bonds. The zero-order chi connectivity index (χ0) is 15.5. The number of halogens is 1. The summed E-state index contributed by atoms with van der Waals surface area (Å²) in [5.41, 5.74) is 1.58. The van der Waals surface area contributed by atoms with Gasteiger partial charge in [0.2, 0.25) is 10.0 Å². The summed E-state index contributed by atoms with van der Waals surface area (Å²) in [5, 5.41) is 10.4. The van der Waals surface area contributed by atoms with E-state index < -0.39 is 10.0 Å². The molecule has 2 aromatic rings. The highest BCUT2D eigenvalue weighted by molar-refractivity contribution is 9.08. The first-order chi connectivity index (χ1) is 9.95. The lowest BCUT2D eigenvalue weighted by Crippen LogP contribution is -2.26. The van der Waals surface area contributed by atoms with Crippen molar-refractivity contribution in [3.05, 3.63) is 59.7 Å². The molecule has 0 saturated carbocycles. The fraction of sp³-hybridized carbons (Fsp3) is 0.200. The molecule has 6 heteroatoms. The highest BCUT2D eigenvalue weighted by Gasteiger charge is 2.21. The summed E-state index contributed by atoms with van der Waals surface area (Å²) in [5.74, 6) is 0.0918. The molecule has 21 heavy (non-hydrogen) atoms. The molecule has 0 aliphatic rings. The predicted molar refractivity (Wildman–Crippen MR) is 85.8 cm³/mol. The van der Waals surface area contributed by atoms with Gasteiger partial charge in [-0.3, -0.25) is 0 Å². The van der Waals surface area contributed by atoms with Crippen molar-refractivity contribution < 1.29 is 13.5 Å². The third kappa shape index (κ3) is 3.64. The second-order valence-corrected chi connectivity index (χ2v) is 7.27. The number of nitrogens with zero attached hydrogens (tertiary/aromatic N) is 1. The van der Waals surface area contributed by atoms with E-state index in [-0.39, 0.29) is 17.2 Å². The van der Waals surface area contributed by atoms with Crippen LogP contribution in [-0.2, 0) is 21.9 Å². The van der Waals surface area contributed by atoms with Gasteiger partial charge in [0, 0.05) is 24.5 Å². The lowest BCUT2D eigenvalue weighted by atomic mass is 10.2. The quantitative estimate of drug-likeness (QED) is 0.823. The number of alkyl halides is 1. The maximum atomic E-state index is 12.5. The Labute approximate surface area is 133 Å². The van der Waals surface area contributed by atoms with Crippen LogP contribution in [0.4, 0.5) is 0 Å². The average Bonchev–Trinajstić information content (AvgIpc) is 2.49. The van der Waals surface area contributed by atoms with Gasteiger partial charge in [-0.05, 0) is 23.8 Å². The first-order valence-corrected chi connectivity index (χ1v) is 8.89. The Hall–Kier alpha value is -1.37. The maximum Gasteiger partial charge on any atom is 0.243 e. The minimum Gasteiger partial charge on any atom is -0.508 e. The fourth-order valence-corrected chi connectivity index (χ4v) is 3.42. The summed E-state index contributed by atoms with van der Waals surface area (Å²) in [6.45, 7) is 0.120. The Bertz CT molecular complexity index is 714. The largest absolute Gasteiger partial charge is 0.508 e. The van der Waals surface area contributed by atoms with Crippen molar-refractivity contribution in [2.24, 2.45) is 0 Å². The number of aromatic hydroxyl groups is 1. The molecule has 1 N–H and O–H groups in total. The Kier molecular flexibility index (Phi) is 5.03. The number of phenolic OH excluding ortho intramolecular Hbond substituents is 1. The molecule has 0 aliphatic carbocycles. The number of sulfonamides is 1. The summed E-state index contributed by atoms with van der Waals surface area (Å²) >= 11 is 3.33. The van der Waals surface area contributed by atoms with Gasteiger partial charge in [-0.1, -0.05) is 46.3 Å². The van der Waals surface area contributed by atoms with Crippen LogP contribution in [0.25, 0.3) is 0 Å². The second-order valence-electron chi connectivity index (χ2n) is 4.67. The molecule has 4 nitrogen and oxygen atoms in total. The van der Waals surface area contributed by atoms with Crippen molar-refractivity contribution in [2.75, 3.05) is 7.05 Å². The third-order valence-corrected chi connectivity index (χ3v) is 5.64. The van der Waals surface area contributed by atoms with E-state index in [4.69, 9.17) is 0 Å². The highest BCUT2D eigenvalue weighted by Crippen LogP contribution is 2.22. The van der Waals surface area contributed by atoms with E-state index in [1.807, 2.05) is 0 Å². The van der Waals surface area contributed by atoms with Crippen molar-refractivity contribution in [1.29, 1.82) is 0 Å². The van der Waals surface area contributed by atoms with E-state index in [0.717, 1.165) is 5.56 Å². The number of hydrogen-bond donors (Lipinski definition) is 1. The van der Waals surface area contributed by atoms with Gasteiger partial charge in [0.15, 0.2) is 0 Å². The molecular weight excluding hydrogens is 354 g/mol. The summed E-state index contributed by atoms with van der Waals surface area (Å²) < 4.78 is 26.2. The van der Waals surface area contributed by atoms with Gasteiger partial charge < -0.3 is 5.11 Å². The van der Waals surface area contributed by atoms with E-state index in [0.29, 0.717) is 10.9 Å². The van der Waals surface area contributed by atoms with Crippen LogP contribution in [0.3, 0.4) is 0 Å². The lowest BCUT2D eigenvalue weighted by molar-refractivity contribution is 0.436. The summed E-state index contributed by atoms with van der Waals surface area (Å²) in [7, 11) is -2.07. The first-order valence-electron chi connectivity index (χ1n) is 6.33. The average molecular weight is 370 g/mol. The second kappa shape index (κ2) is 6.60. The molecule has 0 saturated heterocycles. The molecule has 0 aromatic heterocycles. The van der Waals surface area contributed by atoms with Crippen molar-refractivity contribution in [2.45, 2.75) is 16.8 Å². The number of para-hydroxylation sites is 1. The van der Waals surface area contributed by atoms with E-state index in [1.54, 1.807) is 48.5 Å². The molecule has 2 rings (SSSR count). The summed E-state index contributed by atoms with van der Waals surface area (Å²) in [4.78, 5) is 0.241. The van der Waals surface area contributed by atoms with Crippen LogP contribution < -0.4 is 0 Å². The molecule has 0 radical (unpaired) electrons. The Balaban J connectivity index is 2.24. The third-order valence-electron chi connectivity index (χ3n) is 3.17. The monoisotopic (exact) mass is 369 g/mol. The molecule has 0 atom stereocenters. The number of phenols is 1.